The summed E-state index contributed by atoms with van der Waals surface area (Å²) in [6.07, 6.45) is 1.04. The molecular formula is C20H26IN3O2. The summed E-state index contributed by atoms with van der Waals surface area (Å²) in [5.41, 5.74) is 10.3. The molecule has 1 aliphatic heterocycles. The van der Waals surface area contributed by atoms with E-state index in [-0.39, 0.29) is 30.1 Å². The molecule has 1 unspecified atom stereocenters. The van der Waals surface area contributed by atoms with E-state index in [9.17, 15) is 0 Å². The second kappa shape index (κ2) is 9.78. The second-order valence-corrected chi connectivity index (χ2v) is 6.41. The van der Waals surface area contributed by atoms with Gasteiger partial charge in [-0.25, -0.2) is 4.99 Å². The summed E-state index contributed by atoms with van der Waals surface area (Å²) in [5, 5.41) is 3.12. The number of nitrogens with one attached hydrogen (secondary N) is 1. The minimum atomic E-state index is 0. The minimum absolute atomic E-state index is 0. The van der Waals surface area contributed by atoms with E-state index in [4.69, 9.17) is 15.2 Å². The lowest BCUT2D eigenvalue weighted by Gasteiger charge is -2.16. The van der Waals surface area contributed by atoms with Gasteiger partial charge in [0.15, 0.2) is 5.96 Å². The molecule has 0 saturated carbocycles. The maximum absolute atomic E-state index is 6.10. The van der Waals surface area contributed by atoms with Crippen molar-refractivity contribution < 1.29 is 9.47 Å². The zero-order valence-corrected chi connectivity index (χ0v) is 17.5. The number of anilines is 1. The Labute approximate surface area is 172 Å². The van der Waals surface area contributed by atoms with Gasteiger partial charge in [0, 0.05) is 17.7 Å². The Balaban J connectivity index is 0.00000243. The van der Waals surface area contributed by atoms with E-state index in [1.54, 1.807) is 0 Å². The molecule has 1 fully saturated rings. The SMILES string of the molecule is Cc1cccc(NC(N)=NCc2ccc(C)cc2OC2CCOC2)c1.I. The third-order valence-corrected chi connectivity index (χ3v) is 4.11. The standard InChI is InChI=1S/C20H25N3O2.HI/c1-14-4-3-5-17(10-14)23-20(21)22-12-16-7-6-15(2)11-19(16)25-18-8-9-24-13-18;/h3-7,10-11,18H,8-9,12-13H2,1-2H3,(H3,21,22,23);1H. The number of hydrogen-bond donors (Lipinski definition) is 2. The Morgan fingerprint density at radius 1 is 1.23 bits per heavy atom. The molecule has 1 atom stereocenters. The average molecular weight is 467 g/mol. The Hall–Kier alpha value is -1.80. The van der Waals surface area contributed by atoms with Crippen LogP contribution in [0.15, 0.2) is 47.5 Å². The van der Waals surface area contributed by atoms with Crippen LogP contribution in [0, 0.1) is 13.8 Å². The highest BCUT2D eigenvalue weighted by molar-refractivity contribution is 14.0. The number of hydrogen-bond acceptors (Lipinski definition) is 3. The zero-order chi connectivity index (χ0) is 17.6. The molecule has 5 nitrogen and oxygen atoms in total. The fourth-order valence-corrected chi connectivity index (χ4v) is 2.77. The fourth-order valence-electron chi connectivity index (χ4n) is 2.77. The van der Waals surface area contributed by atoms with Crippen LogP contribution in [0.1, 0.15) is 23.1 Å². The maximum atomic E-state index is 6.10. The average Bonchev–Trinajstić information content (AvgIpc) is 3.07. The van der Waals surface area contributed by atoms with Gasteiger partial charge in [0.2, 0.25) is 0 Å². The van der Waals surface area contributed by atoms with Crippen molar-refractivity contribution in [3.05, 3.63) is 59.2 Å². The van der Waals surface area contributed by atoms with Gasteiger partial charge in [-0.2, -0.15) is 0 Å². The van der Waals surface area contributed by atoms with Crippen molar-refractivity contribution in [2.24, 2.45) is 10.7 Å². The highest BCUT2D eigenvalue weighted by Gasteiger charge is 2.18. The fraction of sp³-hybridized carbons (Fsp3) is 0.350. The molecule has 3 N–H and O–H groups in total. The zero-order valence-electron chi connectivity index (χ0n) is 15.2. The van der Waals surface area contributed by atoms with Crippen LogP contribution in [-0.4, -0.2) is 25.3 Å². The Morgan fingerprint density at radius 2 is 2.04 bits per heavy atom. The molecule has 0 aliphatic carbocycles. The first-order chi connectivity index (χ1) is 12.1. The van der Waals surface area contributed by atoms with Crippen LogP contribution in [0.3, 0.4) is 0 Å². The first-order valence-electron chi connectivity index (χ1n) is 8.58. The lowest BCUT2D eigenvalue weighted by atomic mass is 10.1. The van der Waals surface area contributed by atoms with Crippen LogP contribution in [0.5, 0.6) is 5.75 Å². The topological polar surface area (TPSA) is 68.9 Å². The number of guanidine groups is 1. The van der Waals surface area contributed by atoms with Crippen molar-refractivity contribution in [1.82, 2.24) is 0 Å². The van der Waals surface area contributed by atoms with Crippen molar-refractivity contribution in [3.8, 4) is 5.75 Å². The van der Waals surface area contributed by atoms with Crippen LogP contribution in [0.4, 0.5) is 5.69 Å². The number of aryl methyl sites for hydroxylation is 2. The minimum Gasteiger partial charge on any atom is -0.488 e. The van der Waals surface area contributed by atoms with Crippen LogP contribution >= 0.6 is 24.0 Å². The first kappa shape index (κ1) is 20.5. The van der Waals surface area contributed by atoms with E-state index in [0.717, 1.165) is 35.6 Å². The lowest BCUT2D eigenvalue weighted by Crippen LogP contribution is -2.22. The van der Waals surface area contributed by atoms with E-state index in [1.807, 2.05) is 43.3 Å². The largest absolute Gasteiger partial charge is 0.488 e. The molecular weight excluding hydrogens is 441 g/mol. The van der Waals surface area contributed by atoms with Crippen molar-refractivity contribution in [1.29, 1.82) is 0 Å². The Morgan fingerprint density at radius 3 is 2.77 bits per heavy atom. The predicted molar refractivity (Wildman–Crippen MR) is 117 cm³/mol. The molecule has 2 aromatic rings. The molecule has 1 aliphatic rings. The highest BCUT2D eigenvalue weighted by Crippen LogP contribution is 2.24. The monoisotopic (exact) mass is 467 g/mol. The van der Waals surface area contributed by atoms with Crippen LogP contribution in [-0.2, 0) is 11.3 Å². The van der Waals surface area contributed by atoms with Crippen molar-refractivity contribution in [3.63, 3.8) is 0 Å². The summed E-state index contributed by atoms with van der Waals surface area (Å²) < 4.78 is 11.5. The van der Waals surface area contributed by atoms with Crippen LogP contribution < -0.4 is 15.8 Å². The molecule has 0 amide bonds. The molecule has 6 heteroatoms. The first-order valence-corrected chi connectivity index (χ1v) is 8.58. The number of rotatable bonds is 5. The van der Waals surface area contributed by atoms with Gasteiger partial charge in [-0.15, -0.1) is 24.0 Å². The Kier molecular flexibility index (Phi) is 7.71. The van der Waals surface area contributed by atoms with Gasteiger partial charge < -0.3 is 20.5 Å². The van der Waals surface area contributed by atoms with E-state index in [0.29, 0.717) is 19.1 Å². The number of ether oxygens (including phenoxy) is 2. The van der Waals surface area contributed by atoms with Gasteiger partial charge >= 0.3 is 0 Å². The molecule has 3 rings (SSSR count). The summed E-state index contributed by atoms with van der Waals surface area (Å²) in [4.78, 5) is 4.46. The summed E-state index contributed by atoms with van der Waals surface area (Å²) in [6.45, 7) is 5.97. The van der Waals surface area contributed by atoms with Crippen molar-refractivity contribution in [2.45, 2.75) is 32.9 Å². The van der Waals surface area contributed by atoms with E-state index < -0.39 is 0 Å². The summed E-state index contributed by atoms with van der Waals surface area (Å²) in [7, 11) is 0. The predicted octanol–water partition coefficient (Wildman–Crippen LogP) is 4.02. The number of aliphatic imine (C=N–C) groups is 1. The second-order valence-electron chi connectivity index (χ2n) is 6.41. The molecule has 1 saturated heterocycles. The van der Waals surface area contributed by atoms with Gasteiger partial charge in [-0.1, -0.05) is 24.3 Å². The highest BCUT2D eigenvalue weighted by atomic mass is 127. The van der Waals surface area contributed by atoms with Gasteiger partial charge in [-0.05, 0) is 43.2 Å². The number of benzene rings is 2. The van der Waals surface area contributed by atoms with Gasteiger partial charge in [-0.3, -0.25) is 0 Å². The number of nitrogens with zero attached hydrogens (tertiary/aromatic N) is 1. The Bertz CT molecular complexity index is 758. The van der Waals surface area contributed by atoms with Gasteiger partial charge in [0.05, 0.1) is 19.8 Å². The molecule has 1 heterocycles. The van der Waals surface area contributed by atoms with E-state index in [2.05, 4.69) is 23.3 Å². The van der Waals surface area contributed by atoms with Gasteiger partial charge in [0.1, 0.15) is 11.9 Å². The quantitative estimate of drug-likeness (QED) is 0.396. The number of halogens is 1. The molecule has 0 aromatic heterocycles. The van der Waals surface area contributed by atoms with Gasteiger partial charge in [0.25, 0.3) is 0 Å². The third-order valence-electron chi connectivity index (χ3n) is 4.11. The number of nitrogens with two attached hydrogens (primary N) is 1. The molecule has 0 radical (unpaired) electrons. The van der Waals surface area contributed by atoms with Crippen LogP contribution in [0.2, 0.25) is 0 Å². The smallest absolute Gasteiger partial charge is 0.193 e. The molecule has 26 heavy (non-hydrogen) atoms. The third kappa shape index (κ3) is 5.88. The molecule has 0 spiro atoms. The molecule has 0 bridgehead atoms. The van der Waals surface area contributed by atoms with Crippen molar-refractivity contribution >= 4 is 35.6 Å². The van der Waals surface area contributed by atoms with Crippen LogP contribution in [0.25, 0.3) is 0 Å². The van der Waals surface area contributed by atoms with Crippen molar-refractivity contribution in [2.75, 3.05) is 18.5 Å². The van der Waals surface area contributed by atoms with E-state index >= 15 is 0 Å². The summed E-state index contributed by atoms with van der Waals surface area (Å²) in [6, 6.07) is 14.2. The summed E-state index contributed by atoms with van der Waals surface area (Å²) >= 11 is 0. The summed E-state index contributed by atoms with van der Waals surface area (Å²) in [5.74, 6) is 1.25. The molecule has 2 aromatic carbocycles. The lowest BCUT2D eigenvalue weighted by molar-refractivity contribution is 0.140. The molecule has 140 valence electrons. The van der Waals surface area contributed by atoms with E-state index in [1.165, 1.54) is 5.56 Å². The maximum Gasteiger partial charge on any atom is 0.193 e. The normalized spacial score (nSPS) is 16.8.